The largest absolute Gasteiger partial charge is 0.361 e. The van der Waals surface area contributed by atoms with Crippen LogP contribution in [0.4, 0.5) is 0 Å². The van der Waals surface area contributed by atoms with Crippen LogP contribution in [0.2, 0.25) is 0 Å². The normalized spacial score (nSPS) is 18.9. The first-order valence-corrected chi connectivity index (χ1v) is 8.98. The first-order chi connectivity index (χ1) is 9.49. The SMILES string of the molecule is CCCC1CN=C(NCc2ccc(S(N)(=O)=O)cc2)S1. The average Bonchev–Trinajstić information content (AvgIpc) is 2.84. The third-order valence-electron chi connectivity index (χ3n) is 3.02. The van der Waals surface area contributed by atoms with E-state index >= 15 is 0 Å². The number of nitrogens with two attached hydrogens (primary N) is 1. The number of primary sulfonamides is 1. The van der Waals surface area contributed by atoms with Gasteiger partial charge in [-0.1, -0.05) is 37.2 Å². The number of rotatable bonds is 5. The molecule has 1 heterocycles. The van der Waals surface area contributed by atoms with Gasteiger partial charge in [0.15, 0.2) is 5.17 Å². The van der Waals surface area contributed by atoms with Gasteiger partial charge < -0.3 is 5.32 Å². The fraction of sp³-hybridized carbons (Fsp3) is 0.462. The van der Waals surface area contributed by atoms with Gasteiger partial charge in [-0.2, -0.15) is 0 Å². The highest BCUT2D eigenvalue weighted by molar-refractivity contribution is 8.14. The highest BCUT2D eigenvalue weighted by atomic mass is 32.2. The van der Waals surface area contributed by atoms with Crippen LogP contribution in [0.3, 0.4) is 0 Å². The van der Waals surface area contributed by atoms with Crippen LogP contribution in [-0.2, 0) is 16.6 Å². The molecule has 0 aliphatic carbocycles. The maximum Gasteiger partial charge on any atom is 0.238 e. The van der Waals surface area contributed by atoms with Crippen LogP contribution in [0.1, 0.15) is 25.3 Å². The van der Waals surface area contributed by atoms with Gasteiger partial charge in [0.2, 0.25) is 10.0 Å². The fourth-order valence-electron chi connectivity index (χ4n) is 1.96. The van der Waals surface area contributed by atoms with Crippen LogP contribution in [0.5, 0.6) is 0 Å². The number of hydrogen-bond acceptors (Lipinski definition) is 5. The zero-order valence-corrected chi connectivity index (χ0v) is 13.0. The Kier molecular flexibility index (Phi) is 5.06. The summed E-state index contributed by atoms with van der Waals surface area (Å²) in [5, 5.41) is 9.90. The summed E-state index contributed by atoms with van der Waals surface area (Å²) >= 11 is 1.78. The molecule has 1 atom stereocenters. The van der Waals surface area contributed by atoms with Gasteiger partial charge in [0.25, 0.3) is 0 Å². The minimum absolute atomic E-state index is 0.136. The zero-order valence-electron chi connectivity index (χ0n) is 11.4. The van der Waals surface area contributed by atoms with E-state index in [4.69, 9.17) is 5.14 Å². The average molecular weight is 313 g/mol. The molecule has 3 N–H and O–H groups in total. The molecule has 0 spiro atoms. The van der Waals surface area contributed by atoms with Gasteiger partial charge in [0, 0.05) is 11.8 Å². The third-order valence-corrected chi connectivity index (χ3v) is 5.17. The van der Waals surface area contributed by atoms with Crippen molar-refractivity contribution in [3.8, 4) is 0 Å². The van der Waals surface area contributed by atoms with Crippen LogP contribution in [0, 0.1) is 0 Å². The van der Waals surface area contributed by atoms with Crippen LogP contribution >= 0.6 is 11.8 Å². The molecule has 0 saturated heterocycles. The van der Waals surface area contributed by atoms with Gasteiger partial charge in [-0.3, -0.25) is 4.99 Å². The second-order valence-electron chi connectivity index (χ2n) is 4.72. The van der Waals surface area contributed by atoms with Crippen molar-refractivity contribution in [2.75, 3.05) is 6.54 Å². The summed E-state index contributed by atoms with van der Waals surface area (Å²) < 4.78 is 22.3. The Morgan fingerprint density at radius 2 is 2.10 bits per heavy atom. The summed E-state index contributed by atoms with van der Waals surface area (Å²) in [7, 11) is -3.61. The Hall–Kier alpha value is -1.05. The zero-order chi connectivity index (χ0) is 14.6. The molecule has 20 heavy (non-hydrogen) atoms. The van der Waals surface area contributed by atoms with Gasteiger partial charge in [-0.05, 0) is 24.1 Å². The van der Waals surface area contributed by atoms with Gasteiger partial charge in [0.05, 0.1) is 11.4 Å². The molecule has 1 aromatic carbocycles. The molecule has 1 unspecified atom stereocenters. The van der Waals surface area contributed by atoms with E-state index in [9.17, 15) is 8.42 Å². The maximum atomic E-state index is 11.1. The van der Waals surface area contributed by atoms with E-state index in [1.54, 1.807) is 23.9 Å². The molecule has 1 aromatic rings. The van der Waals surface area contributed by atoms with Crippen LogP contribution in [0.15, 0.2) is 34.2 Å². The molecule has 110 valence electrons. The standard InChI is InChI=1S/C13H19N3O2S2/c1-2-3-11-9-16-13(19-11)15-8-10-4-6-12(7-5-10)20(14,17)18/h4-7,11H,2-3,8-9H2,1H3,(H,15,16)(H2,14,17,18). The van der Waals surface area contributed by atoms with E-state index in [0.717, 1.165) is 17.3 Å². The molecular formula is C13H19N3O2S2. The number of nitrogens with one attached hydrogen (secondary N) is 1. The van der Waals surface area contributed by atoms with E-state index in [1.165, 1.54) is 25.0 Å². The molecule has 7 heteroatoms. The molecule has 0 fully saturated rings. The van der Waals surface area contributed by atoms with Crippen LogP contribution < -0.4 is 10.5 Å². The quantitative estimate of drug-likeness (QED) is 0.866. The number of sulfonamides is 1. The van der Waals surface area contributed by atoms with E-state index in [0.29, 0.717) is 11.8 Å². The predicted molar refractivity (Wildman–Crippen MR) is 83.2 cm³/mol. The number of nitrogens with zero attached hydrogens (tertiary/aromatic N) is 1. The van der Waals surface area contributed by atoms with Gasteiger partial charge >= 0.3 is 0 Å². The van der Waals surface area contributed by atoms with Crippen LogP contribution in [-0.4, -0.2) is 25.4 Å². The van der Waals surface area contributed by atoms with E-state index in [1.807, 2.05) is 0 Å². The van der Waals surface area contributed by atoms with Gasteiger partial charge in [-0.15, -0.1) is 0 Å². The number of thioether (sulfide) groups is 1. The number of amidine groups is 1. The van der Waals surface area contributed by atoms with Crippen molar-refractivity contribution < 1.29 is 8.42 Å². The van der Waals surface area contributed by atoms with E-state index in [-0.39, 0.29) is 4.90 Å². The Balaban J connectivity index is 1.86. The lowest BCUT2D eigenvalue weighted by Crippen LogP contribution is -2.19. The monoisotopic (exact) mass is 313 g/mol. The molecule has 0 bridgehead atoms. The molecule has 0 radical (unpaired) electrons. The summed E-state index contributed by atoms with van der Waals surface area (Å²) in [4.78, 5) is 4.60. The van der Waals surface area contributed by atoms with Crippen molar-refractivity contribution in [2.45, 2.75) is 36.5 Å². The summed E-state index contributed by atoms with van der Waals surface area (Å²) in [5.74, 6) is 0. The molecule has 0 aromatic heterocycles. The molecule has 0 amide bonds. The minimum Gasteiger partial charge on any atom is -0.361 e. The van der Waals surface area contributed by atoms with Gasteiger partial charge in [-0.25, -0.2) is 13.6 Å². The van der Waals surface area contributed by atoms with Crippen molar-refractivity contribution >= 4 is 27.0 Å². The molecular weight excluding hydrogens is 294 g/mol. The second kappa shape index (κ2) is 6.60. The Bertz CT molecular complexity index is 582. The number of aliphatic imine (C=N–C) groups is 1. The molecule has 1 aliphatic rings. The predicted octanol–water partition coefficient (Wildman–Crippen LogP) is 1.70. The second-order valence-corrected chi connectivity index (χ2v) is 7.57. The minimum atomic E-state index is -3.61. The summed E-state index contributed by atoms with van der Waals surface area (Å²) in [6, 6.07) is 6.57. The first kappa shape index (κ1) is 15.3. The third kappa shape index (κ3) is 4.22. The molecule has 2 rings (SSSR count). The lowest BCUT2D eigenvalue weighted by atomic mass is 10.2. The smallest absolute Gasteiger partial charge is 0.238 e. The van der Waals surface area contributed by atoms with E-state index < -0.39 is 10.0 Å². The van der Waals surface area contributed by atoms with Crippen molar-refractivity contribution in [2.24, 2.45) is 10.1 Å². The summed E-state index contributed by atoms with van der Waals surface area (Å²) in [6.45, 7) is 3.69. The molecule has 1 aliphatic heterocycles. The van der Waals surface area contributed by atoms with Crippen molar-refractivity contribution in [1.82, 2.24) is 5.32 Å². The lowest BCUT2D eigenvalue weighted by molar-refractivity contribution is 0.597. The Morgan fingerprint density at radius 1 is 1.40 bits per heavy atom. The first-order valence-electron chi connectivity index (χ1n) is 6.55. The van der Waals surface area contributed by atoms with Crippen LogP contribution in [0.25, 0.3) is 0 Å². The lowest BCUT2D eigenvalue weighted by Gasteiger charge is -2.08. The van der Waals surface area contributed by atoms with Crippen molar-refractivity contribution in [3.63, 3.8) is 0 Å². The number of benzene rings is 1. The van der Waals surface area contributed by atoms with Crippen molar-refractivity contribution in [3.05, 3.63) is 29.8 Å². The molecule has 0 saturated carbocycles. The fourth-order valence-corrected chi connectivity index (χ4v) is 3.60. The summed E-state index contributed by atoms with van der Waals surface area (Å²) in [5.41, 5.74) is 1.000. The Morgan fingerprint density at radius 3 is 2.70 bits per heavy atom. The maximum absolute atomic E-state index is 11.1. The van der Waals surface area contributed by atoms with E-state index in [2.05, 4.69) is 17.2 Å². The highest BCUT2D eigenvalue weighted by Crippen LogP contribution is 2.23. The number of hydrogen-bond donors (Lipinski definition) is 2. The van der Waals surface area contributed by atoms with Crippen molar-refractivity contribution in [1.29, 1.82) is 0 Å². The molecule has 5 nitrogen and oxygen atoms in total. The topological polar surface area (TPSA) is 84.5 Å². The van der Waals surface area contributed by atoms with Gasteiger partial charge in [0.1, 0.15) is 0 Å². The Labute approximate surface area is 124 Å². The highest BCUT2D eigenvalue weighted by Gasteiger charge is 2.18. The summed E-state index contributed by atoms with van der Waals surface area (Å²) in [6.07, 6.45) is 2.36.